The van der Waals surface area contributed by atoms with Gasteiger partial charge in [-0.3, -0.25) is 0 Å². The number of nitrogens with one attached hydrogen (secondary N) is 1. The summed E-state index contributed by atoms with van der Waals surface area (Å²) in [6.07, 6.45) is 4.16. The lowest BCUT2D eigenvalue weighted by Crippen LogP contribution is -2.29. The lowest BCUT2D eigenvalue weighted by Gasteiger charge is -2.14. The molecule has 0 bridgehead atoms. The molecule has 0 aromatic heterocycles. The fourth-order valence-corrected chi connectivity index (χ4v) is 1.44. The molecule has 0 spiro atoms. The van der Waals surface area contributed by atoms with Crippen LogP contribution in [0.2, 0.25) is 0 Å². The largest absolute Gasteiger partial charge is 0.381 e. The topological polar surface area (TPSA) is 21.3 Å². The molecule has 0 aromatic rings. The summed E-state index contributed by atoms with van der Waals surface area (Å²) >= 11 is 0. The highest BCUT2D eigenvalue weighted by atomic mass is 16.5. The van der Waals surface area contributed by atoms with E-state index in [1.807, 2.05) is 0 Å². The first-order valence-corrected chi connectivity index (χ1v) is 5.99. The Morgan fingerprint density at radius 2 is 2.00 bits per heavy atom. The number of hydrogen-bond acceptors (Lipinski definition) is 2. The zero-order valence-corrected chi connectivity index (χ0v) is 9.88. The Morgan fingerprint density at radius 3 is 2.57 bits per heavy atom. The normalized spacial score (nSPS) is 18.9. The van der Waals surface area contributed by atoms with Crippen molar-refractivity contribution < 1.29 is 4.74 Å². The first kappa shape index (κ1) is 12.0. The molecular formula is C12H25NO. The quantitative estimate of drug-likeness (QED) is 0.606. The Bertz CT molecular complexity index is 143. The minimum absolute atomic E-state index is 0.587. The lowest BCUT2D eigenvalue weighted by molar-refractivity contribution is 0.0988. The van der Waals surface area contributed by atoms with Gasteiger partial charge in [-0.05, 0) is 18.3 Å². The molecule has 0 amide bonds. The first-order chi connectivity index (χ1) is 6.68. The van der Waals surface area contributed by atoms with Crippen molar-refractivity contribution >= 4 is 0 Å². The van der Waals surface area contributed by atoms with E-state index in [2.05, 4.69) is 26.1 Å². The monoisotopic (exact) mass is 199 g/mol. The smallest absolute Gasteiger partial charge is 0.0503 e. The van der Waals surface area contributed by atoms with Crippen LogP contribution in [0.15, 0.2) is 0 Å². The zero-order valence-electron chi connectivity index (χ0n) is 9.88. The van der Waals surface area contributed by atoms with Gasteiger partial charge in [-0.25, -0.2) is 0 Å². The molecule has 1 aliphatic rings. The second-order valence-electron chi connectivity index (χ2n) is 4.98. The van der Waals surface area contributed by atoms with Crippen molar-refractivity contribution in [3.05, 3.63) is 0 Å². The SMILES string of the molecule is CC(CNC(C)C)COCCC1CC1. The minimum Gasteiger partial charge on any atom is -0.381 e. The standard InChI is InChI=1S/C12H25NO/c1-10(2)13-8-11(3)9-14-7-6-12-4-5-12/h10-13H,4-9H2,1-3H3. The summed E-state index contributed by atoms with van der Waals surface area (Å²) in [5.74, 6) is 1.63. The van der Waals surface area contributed by atoms with Crippen LogP contribution in [0.5, 0.6) is 0 Å². The summed E-state index contributed by atoms with van der Waals surface area (Å²) in [7, 11) is 0. The van der Waals surface area contributed by atoms with Crippen molar-refractivity contribution in [2.24, 2.45) is 11.8 Å². The minimum atomic E-state index is 0.587. The molecule has 1 N–H and O–H groups in total. The fraction of sp³-hybridized carbons (Fsp3) is 1.00. The number of ether oxygens (including phenoxy) is 1. The van der Waals surface area contributed by atoms with Crippen LogP contribution in [-0.2, 0) is 4.74 Å². The van der Waals surface area contributed by atoms with Gasteiger partial charge in [-0.1, -0.05) is 33.6 Å². The second-order valence-corrected chi connectivity index (χ2v) is 4.98. The third kappa shape index (κ3) is 6.39. The average molecular weight is 199 g/mol. The predicted octanol–water partition coefficient (Wildman–Crippen LogP) is 2.44. The summed E-state index contributed by atoms with van der Waals surface area (Å²) in [6, 6.07) is 0.587. The van der Waals surface area contributed by atoms with E-state index in [0.29, 0.717) is 12.0 Å². The summed E-state index contributed by atoms with van der Waals surface area (Å²) < 4.78 is 5.64. The first-order valence-electron chi connectivity index (χ1n) is 5.99. The van der Waals surface area contributed by atoms with E-state index in [-0.39, 0.29) is 0 Å². The molecule has 1 atom stereocenters. The van der Waals surface area contributed by atoms with Crippen molar-refractivity contribution in [3.63, 3.8) is 0 Å². The maximum absolute atomic E-state index is 5.64. The Hall–Kier alpha value is -0.0800. The van der Waals surface area contributed by atoms with Gasteiger partial charge < -0.3 is 10.1 Å². The van der Waals surface area contributed by atoms with E-state index in [4.69, 9.17) is 4.74 Å². The van der Waals surface area contributed by atoms with E-state index in [1.54, 1.807) is 0 Å². The Balaban J connectivity index is 1.83. The molecule has 2 nitrogen and oxygen atoms in total. The van der Waals surface area contributed by atoms with Crippen molar-refractivity contribution in [1.29, 1.82) is 0 Å². The molecule has 0 aromatic carbocycles. The van der Waals surface area contributed by atoms with Crippen molar-refractivity contribution in [2.45, 2.75) is 46.1 Å². The van der Waals surface area contributed by atoms with E-state index < -0.39 is 0 Å². The molecule has 1 aliphatic carbocycles. The molecule has 1 unspecified atom stereocenters. The number of rotatable bonds is 8. The zero-order chi connectivity index (χ0) is 10.4. The van der Waals surface area contributed by atoms with Gasteiger partial charge >= 0.3 is 0 Å². The van der Waals surface area contributed by atoms with Crippen molar-refractivity contribution in [3.8, 4) is 0 Å². The highest BCUT2D eigenvalue weighted by Gasteiger charge is 2.20. The van der Waals surface area contributed by atoms with Crippen molar-refractivity contribution in [2.75, 3.05) is 19.8 Å². The Labute approximate surface area is 88.4 Å². The predicted molar refractivity (Wildman–Crippen MR) is 60.5 cm³/mol. The van der Waals surface area contributed by atoms with Gasteiger partial charge in [-0.2, -0.15) is 0 Å². The molecule has 0 heterocycles. The molecule has 1 rings (SSSR count). The lowest BCUT2D eigenvalue weighted by atomic mass is 10.2. The van der Waals surface area contributed by atoms with Gasteiger partial charge in [0.15, 0.2) is 0 Å². The molecule has 0 saturated heterocycles. The third-order valence-corrected chi connectivity index (χ3v) is 2.64. The van der Waals surface area contributed by atoms with Gasteiger partial charge in [0, 0.05) is 19.2 Å². The summed E-state index contributed by atoms with van der Waals surface area (Å²) in [4.78, 5) is 0. The molecular weight excluding hydrogens is 174 g/mol. The Morgan fingerprint density at radius 1 is 1.29 bits per heavy atom. The highest BCUT2D eigenvalue weighted by molar-refractivity contribution is 4.72. The van der Waals surface area contributed by atoms with Crippen molar-refractivity contribution in [1.82, 2.24) is 5.32 Å². The molecule has 84 valence electrons. The maximum atomic E-state index is 5.64. The van der Waals surface area contributed by atoms with E-state index in [0.717, 1.165) is 25.7 Å². The van der Waals surface area contributed by atoms with Crippen LogP contribution >= 0.6 is 0 Å². The maximum Gasteiger partial charge on any atom is 0.0503 e. The van der Waals surface area contributed by atoms with Gasteiger partial charge in [-0.15, -0.1) is 0 Å². The third-order valence-electron chi connectivity index (χ3n) is 2.64. The average Bonchev–Trinajstić information content (AvgIpc) is 2.92. The molecule has 14 heavy (non-hydrogen) atoms. The fourth-order valence-electron chi connectivity index (χ4n) is 1.44. The number of hydrogen-bond donors (Lipinski definition) is 1. The molecule has 1 fully saturated rings. The van der Waals surface area contributed by atoms with Crippen LogP contribution in [0, 0.1) is 11.8 Å². The molecule has 2 heteroatoms. The van der Waals surface area contributed by atoms with Gasteiger partial charge in [0.05, 0.1) is 6.61 Å². The second kappa shape index (κ2) is 6.41. The van der Waals surface area contributed by atoms with Gasteiger partial charge in [0.2, 0.25) is 0 Å². The molecule has 0 aliphatic heterocycles. The van der Waals surface area contributed by atoms with Crippen LogP contribution in [0.4, 0.5) is 0 Å². The molecule has 0 radical (unpaired) electrons. The Kier molecular flexibility index (Phi) is 5.49. The molecule has 1 saturated carbocycles. The summed E-state index contributed by atoms with van der Waals surface area (Å²) in [5.41, 5.74) is 0. The van der Waals surface area contributed by atoms with Crippen LogP contribution < -0.4 is 5.32 Å². The highest BCUT2D eigenvalue weighted by Crippen LogP contribution is 2.32. The van der Waals surface area contributed by atoms with Crippen LogP contribution in [-0.4, -0.2) is 25.8 Å². The van der Waals surface area contributed by atoms with Crippen LogP contribution in [0.1, 0.15) is 40.0 Å². The van der Waals surface area contributed by atoms with Gasteiger partial charge in [0.25, 0.3) is 0 Å². The van der Waals surface area contributed by atoms with E-state index >= 15 is 0 Å². The van der Waals surface area contributed by atoms with E-state index in [9.17, 15) is 0 Å². The van der Waals surface area contributed by atoms with E-state index in [1.165, 1.54) is 19.3 Å². The summed E-state index contributed by atoms with van der Waals surface area (Å²) in [6.45, 7) is 9.55. The van der Waals surface area contributed by atoms with Gasteiger partial charge in [0.1, 0.15) is 0 Å². The van der Waals surface area contributed by atoms with Crippen LogP contribution in [0.3, 0.4) is 0 Å². The summed E-state index contributed by atoms with van der Waals surface area (Å²) in [5, 5.41) is 3.43. The van der Waals surface area contributed by atoms with Crippen LogP contribution in [0.25, 0.3) is 0 Å².